The fourth-order valence-electron chi connectivity index (χ4n) is 1.34. The number of halogens is 1. The van der Waals surface area contributed by atoms with E-state index in [1.807, 2.05) is 26.0 Å². The quantitative estimate of drug-likeness (QED) is 0.695. The first-order chi connectivity index (χ1) is 6.43. The molecule has 0 saturated carbocycles. The van der Waals surface area contributed by atoms with Crippen LogP contribution >= 0.6 is 11.6 Å². The van der Waals surface area contributed by atoms with Crippen molar-refractivity contribution in [2.75, 3.05) is 5.88 Å². The first kappa shape index (κ1) is 11.4. The lowest BCUT2D eigenvalue weighted by atomic mass is 10.1. The number of aryl methyl sites for hydroxylation is 2. The molecule has 0 saturated heterocycles. The topological polar surface area (TPSA) is 9.23 Å². The van der Waals surface area contributed by atoms with Crippen LogP contribution in [0.25, 0.3) is 0 Å². The highest BCUT2D eigenvalue weighted by molar-refractivity contribution is 6.18. The molecule has 0 aromatic heterocycles. The van der Waals surface area contributed by atoms with Crippen molar-refractivity contribution in [2.45, 2.75) is 33.3 Å². The van der Waals surface area contributed by atoms with Crippen LogP contribution in [0, 0.1) is 13.8 Å². The maximum absolute atomic E-state index is 5.80. The van der Waals surface area contributed by atoms with Crippen molar-refractivity contribution in [3.05, 3.63) is 29.3 Å². The second kappa shape index (κ2) is 4.22. The number of alkyl halides is 1. The number of ether oxygens (including phenoxy) is 1. The van der Waals surface area contributed by atoms with Gasteiger partial charge in [-0.05, 0) is 51.0 Å². The molecule has 0 bridgehead atoms. The number of hydrogen-bond acceptors (Lipinski definition) is 1. The Kier molecular flexibility index (Phi) is 3.43. The molecule has 0 heterocycles. The van der Waals surface area contributed by atoms with Crippen LogP contribution in [-0.4, -0.2) is 11.5 Å². The van der Waals surface area contributed by atoms with Crippen LogP contribution in [0.15, 0.2) is 18.2 Å². The summed E-state index contributed by atoms with van der Waals surface area (Å²) >= 11 is 5.80. The van der Waals surface area contributed by atoms with E-state index in [4.69, 9.17) is 16.3 Å². The normalized spacial score (nSPS) is 11.5. The summed E-state index contributed by atoms with van der Waals surface area (Å²) in [7, 11) is 0. The van der Waals surface area contributed by atoms with Gasteiger partial charge in [0.1, 0.15) is 11.4 Å². The summed E-state index contributed by atoms with van der Waals surface area (Å²) in [6, 6.07) is 6.18. The molecule has 0 unspecified atom stereocenters. The average Bonchev–Trinajstić information content (AvgIpc) is 2.01. The third-order valence-corrected chi connectivity index (χ3v) is 2.55. The number of rotatable bonds is 3. The van der Waals surface area contributed by atoms with Crippen molar-refractivity contribution in [1.29, 1.82) is 0 Å². The lowest BCUT2D eigenvalue weighted by Crippen LogP contribution is -2.30. The van der Waals surface area contributed by atoms with Gasteiger partial charge in [-0.25, -0.2) is 0 Å². The van der Waals surface area contributed by atoms with Crippen molar-refractivity contribution in [1.82, 2.24) is 0 Å². The average molecular weight is 213 g/mol. The van der Waals surface area contributed by atoms with Crippen LogP contribution in [-0.2, 0) is 0 Å². The van der Waals surface area contributed by atoms with Gasteiger partial charge in [0.25, 0.3) is 0 Å². The van der Waals surface area contributed by atoms with Crippen LogP contribution < -0.4 is 4.74 Å². The van der Waals surface area contributed by atoms with E-state index in [9.17, 15) is 0 Å². The molecule has 78 valence electrons. The van der Waals surface area contributed by atoms with Gasteiger partial charge in [0.15, 0.2) is 0 Å². The van der Waals surface area contributed by atoms with Crippen LogP contribution in [0.5, 0.6) is 5.75 Å². The van der Waals surface area contributed by atoms with Crippen molar-refractivity contribution in [2.24, 2.45) is 0 Å². The van der Waals surface area contributed by atoms with Gasteiger partial charge in [-0.1, -0.05) is 6.07 Å². The Balaban J connectivity index is 2.87. The molecule has 0 N–H and O–H groups in total. The molecule has 0 radical (unpaired) electrons. The molecule has 2 heteroatoms. The Hall–Kier alpha value is -0.690. The lowest BCUT2D eigenvalue weighted by molar-refractivity contribution is 0.134. The Bertz CT molecular complexity index is 298. The van der Waals surface area contributed by atoms with Gasteiger partial charge in [-0.3, -0.25) is 0 Å². The number of benzene rings is 1. The molecular weight excluding hydrogens is 196 g/mol. The predicted molar refractivity (Wildman–Crippen MR) is 61.3 cm³/mol. The first-order valence-electron chi connectivity index (χ1n) is 4.76. The van der Waals surface area contributed by atoms with E-state index in [2.05, 4.69) is 19.9 Å². The fourth-order valence-corrected chi connectivity index (χ4v) is 1.39. The summed E-state index contributed by atoms with van der Waals surface area (Å²) in [5.41, 5.74) is 2.12. The van der Waals surface area contributed by atoms with E-state index in [0.29, 0.717) is 5.88 Å². The monoisotopic (exact) mass is 212 g/mol. The molecule has 1 aromatic rings. The molecule has 1 nitrogen and oxygen atoms in total. The van der Waals surface area contributed by atoms with E-state index < -0.39 is 0 Å². The summed E-state index contributed by atoms with van der Waals surface area (Å²) in [5.74, 6) is 1.38. The van der Waals surface area contributed by atoms with Crippen molar-refractivity contribution in [3.63, 3.8) is 0 Å². The molecule has 14 heavy (non-hydrogen) atoms. The largest absolute Gasteiger partial charge is 0.487 e. The summed E-state index contributed by atoms with van der Waals surface area (Å²) in [6.07, 6.45) is 0. The summed E-state index contributed by atoms with van der Waals surface area (Å²) < 4.78 is 5.78. The minimum Gasteiger partial charge on any atom is -0.487 e. The third-order valence-electron chi connectivity index (χ3n) is 1.91. The minimum atomic E-state index is -0.304. The highest BCUT2D eigenvalue weighted by Crippen LogP contribution is 2.22. The van der Waals surface area contributed by atoms with Gasteiger partial charge in [0.05, 0.1) is 5.88 Å². The van der Waals surface area contributed by atoms with Gasteiger partial charge in [0.2, 0.25) is 0 Å². The summed E-state index contributed by atoms with van der Waals surface area (Å²) in [6.45, 7) is 8.09. The second-order valence-electron chi connectivity index (χ2n) is 4.32. The van der Waals surface area contributed by atoms with Gasteiger partial charge in [-0.15, -0.1) is 11.6 Å². The molecule has 0 amide bonds. The lowest BCUT2D eigenvalue weighted by Gasteiger charge is -2.24. The maximum atomic E-state index is 5.80. The van der Waals surface area contributed by atoms with E-state index in [0.717, 1.165) is 5.75 Å². The maximum Gasteiger partial charge on any atom is 0.120 e. The van der Waals surface area contributed by atoms with E-state index in [1.54, 1.807) is 0 Å². The van der Waals surface area contributed by atoms with Crippen molar-refractivity contribution < 1.29 is 4.74 Å². The minimum absolute atomic E-state index is 0.304. The van der Waals surface area contributed by atoms with Gasteiger partial charge >= 0.3 is 0 Å². The predicted octanol–water partition coefficient (Wildman–Crippen LogP) is 3.70. The third kappa shape index (κ3) is 3.22. The highest BCUT2D eigenvalue weighted by Gasteiger charge is 2.18. The molecule has 0 aliphatic carbocycles. The zero-order valence-electron chi connectivity index (χ0n) is 9.23. The summed E-state index contributed by atoms with van der Waals surface area (Å²) in [4.78, 5) is 0. The standard InChI is InChI=1S/C12H17ClO/c1-9-5-10(2)7-11(6-9)14-12(3,4)8-13/h5-7H,8H2,1-4H3. The molecule has 0 aliphatic heterocycles. The molecule has 0 aliphatic rings. The zero-order valence-corrected chi connectivity index (χ0v) is 9.98. The van der Waals surface area contributed by atoms with Gasteiger partial charge in [0, 0.05) is 0 Å². The van der Waals surface area contributed by atoms with E-state index >= 15 is 0 Å². The molecule has 0 atom stereocenters. The SMILES string of the molecule is Cc1cc(C)cc(OC(C)(C)CCl)c1. The number of hydrogen-bond donors (Lipinski definition) is 0. The van der Waals surface area contributed by atoms with Crippen molar-refractivity contribution >= 4 is 11.6 Å². The van der Waals surface area contributed by atoms with Crippen LogP contribution in [0.4, 0.5) is 0 Å². The van der Waals surface area contributed by atoms with Crippen LogP contribution in [0.3, 0.4) is 0 Å². The van der Waals surface area contributed by atoms with Crippen LogP contribution in [0.2, 0.25) is 0 Å². The Labute approximate surface area is 91.0 Å². The summed E-state index contributed by atoms with van der Waals surface area (Å²) in [5, 5.41) is 0. The zero-order chi connectivity index (χ0) is 10.8. The second-order valence-corrected chi connectivity index (χ2v) is 4.59. The van der Waals surface area contributed by atoms with Gasteiger partial charge < -0.3 is 4.74 Å². The highest BCUT2D eigenvalue weighted by atomic mass is 35.5. The molecule has 0 fully saturated rings. The molecule has 1 rings (SSSR count). The molecular formula is C12H17ClO. The first-order valence-corrected chi connectivity index (χ1v) is 5.30. The Morgan fingerprint density at radius 3 is 2.07 bits per heavy atom. The Morgan fingerprint density at radius 2 is 1.64 bits per heavy atom. The van der Waals surface area contributed by atoms with Crippen LogP contribution in [0.1, 0.15) is 25.0 Å². The van der Waals surface area contributed by atoms with E-state index in [-0.39, 0.29) is 5.60 Å². The van der Waals surface area contributed by atoms with E-state index in [1.165, 1.54) is 11.1 Å². The van der Waals surface area contributed by atoms with Crippen molar-refractivity contribution in [3.8, 4) is 5.75 Å². The molecule has 1 aromatic carbocycles. The van der Waals surface area contributed by atoms with Gasteiger partial charge in [-0.2, -0.15) is 0 Å². The molecule has 0 spiro atoms. The Morgan fingerprint density at radius 1 is 1.14 bits per heavy atom. The fraction of sp³-hybridized carbons (Fsp3) is 0.500. The smallest absolute Gasteiger partial charge is 0.120 e.